The largest absolute Gasteiger partial charge is 0.350 e. The molecule has 5 N–H and O–H groups in total. The van der Waals surface area contributed by atoms with Crippen LogP contribution in [-0.2, 0) is 5.75 Å². The van der Waals surface area contributed by atoms with Crippen molar-refractivity contribution in [1.29, 1.82) is 0 Å². The van der Waals surface area contributed by atoms with Crippen LogP contribution in [0, 0.1) is 12.3 Å². The first-order valence-electron chi connectivity index (χ1n) is 4.40. The summed E-state index contributed by atoms with van der Waals surface area (Å²) in [6.45, 7) is 0. The Bertz CT molecular complexity index is 441. The molecule has 5 nitrogen and oxygen atoms in total. The summed E-state index contributed by atoms with van der Waals surface area (Å²) in [4.78, 5) is 11.3. The number of anilines is 1. The van der Waals surface area contributed by atoms with Crippen molar-refractivity contribution in [3.05, 3.63) is 29.3 Å². The first-order valence-corrected chi connectivity index (χ1v) is 5.03. The number of nitrogens with zero attached hydrogens (tertiary/aromatic N) is 1. The van der Waals surface area contributed by atoms with E-state index in [0.717, 1.165) is 5.01 Å². The van der Waals surface area contributed by atoms with Crippen molar-refractivity contribution in [3.63, 3.8) is 0 Å². The summed E-state index contributed by atoms with van der Waals surface area (Å²) in [6, 6.07) is 4.50. The van der Waals surface area contributed by atoms with Gasteiger partial charge in [0.15, 0.2) is 0 Å². The molecule has 16 heavy (non-hydrogen) atoms. The molecule has 1 aromatic rings. The van der Waals surface area contributed by atoms with E-state index in [1.807, 2.05) is 5.43 Å². The van der Waals surface area contributed by atoms with Crippen molar-refractivity contribution < 1.29 is 4.79 Å². The number of carbonyl (C=O) groups excluding carboxylic acids is 1. The van der Waals surface area contributed by atoms with Crippen LogP contribution in [0.3, 0.4) is 0 Å². The van der Waals surface area contributed by atoms with Crippen molar-refractivity contribution in [3.8, 4) is 12.3 Å². The number of terminal acetylenes is 1. The van der Waals surface area contributed by atoms with E-state index in [4.69, 9.17) is 18.1 Å². The maximum Gasteiger partial charge on any atom is 0.350 e. The van der Waals surface area contributed by atoms with E-state index >= 15 is 0 Å². The first-order chi connectivity index (χ1) is 7.65. The van der Waals surface area contributed by atoms with Gasteiger partial charge in [-0.25, -0.2) is 21.5 Å². The highest BCUT2D eigenvalue weighted by Crippen LogP contribution is 2.23. The van der Waals surface area contributed by atoms with E-state index < -0.39 is 6.03 Å². The Hall–Kier alpha value is -1.68. The summed E-state index contributed by atoms with van der Waals surface area (Å²) >= 11 is 4.16. The van der Waals surface area contributed by atoms with Gasteiger partial charge >= 0.3 is 6.03 Å². The van der Waals surface area contributed by atoms with Crippen LogP contribution in [0.2, 0.25) is 0 Å². The first kappa shape index (κ1) is 12.4. The van der Waals surface area contributed by atoms with Crippen LogP contribution in [0.1, 0.15) is 11.1 Å². The lowest BCUT2D eigenvalue weighted by atomic mass is 10.1. The molecule has 1 rings (SSSR count). The number of hydrogen-bond donors (Lipinski definition) is 4. The summed E-state index contributed by atoms with van der Waals surface area (Å²) in [5.74, 6) is 13.5. The Morgan fingerprint density at radius 1 is 1.62 bits per heavy atom. The molecule has 0 bridgehead atoms. The summed E-state index contributed by atoms with van der Waals surface area (Å²) in [5, 5.41) is 0.895. The van der Waals surface area contributed by atoms with Gasteiger partial charge in [-0.15, -0.1) is 6.42 Å². The van der Waals surface area contributed by atoms with Crippen LogP contribution >= 0.6 is 12.6 Å². The third-order valence-electron chi connectivity index (χ3n) is 2.07. The number of rotatable bonds is 2. The zero-order valence-electron chi connectivity index (χ0n) is 8.47. The van der Waals surface area contributed by atoms with E-state index in [-0.39, 0.29) is 0 Å². The highest BCUT2D eigenvalue weighted by molar-refractivity contribution is 7.79. The molecule has 1 aromatic carbocycles. The molecule has 0 aliphatic rings. The lowest BCUT2D eigenvalue weighted by Gasteiger charge is -2.19. The number of thiol groups is 1. The lowest BCUT2D eigenvalue weighted by Crippen LogP contribution is -2.48. The molecule has 0 aromatic heterocycles. The van der Waals surface area contributed by atoms with Crippen molar-refractivity contribution in [2.24, 2.45) is 11.7 Å². The predicted octanol–water partition coefficient (Wildman–Crippen LogP) is 0.361. The van der Waals surface area contributed by atoms with Gasteiger partial charge in [-0.05, 0) is 12.1 Å². The van der Waals surface area contributed by atoms with Crippen LogP contribution in [0.15, 0.2) is 18.2 Å². The van der Waals surface area contributed by atoms with E-state index in [1.54, 1.807) is 18.2 Å². The molecule has 6 heteroatoms. The fourth-order valence-electron chi connectivity index (χ4n) is 1.28. The van der Waals surface area contributed by atoms with Crippen molar-refractivity contribution in [2.45, 2.75) is 5.75 Å². The van der Waals surface area contributed by atoms with Gasteiger partial charge in [-0.2, -0.15) is 12.6 Å². The molecule has 0 unspecified atom stereocenters. The lowest BCUT2D eigenvalue weighted by molar-refractivity contribution is 0.246. The van der Waals surface area contributed by atoms with Gasteiger partial charge in [0.2, 0.25) is 0 Å². The zero-order valence-corrected chi connectivity index (χ0v) is 9.37. The number of nitrogens with one attached hydrogen (secondary N) is 1. The zero-order chi connectivity index (χ0) is 12.1. The van der Waals surface area contributed by atoms with Gasteiger partial charge < -0.3 is 0 Å². The van der Waals surface area contributed by atoms with Crippen LogP contribution in [0.4, 0.5) is 10.5 Å². The van der Waals surface area contributed by atoms with Gasteiger partial charge in [0, 0.05) is 16.9 Å². The predicted molar refractivity (Wildman–Crippen MR) is 66.5 cm³/mol. The molecule has 84 valence electrons. The molecule has 0 radical (unpaired) electrons. The molecule has 0 aliphatic carbocycles. The molecular weight excluding hydrogens is 224 g/mol. The van der Waals surface area contributed by atoms with Gasteiger partial charge in [0.1, 0.15) is 0 Å². The fraction of sp³-hybridized carbons (Fsp3) is 0.100. The fourth-order valence-corrected chi connectivity index (χ4v) is 1.61. The second-order valence-electron chi connectivity index (χ2n) is 2.93. The Labute approximate surface area is 99.1 Å². The molecule has 0 saturated carbocycles. The number of benzene rings is 1. The molecule has 0 spiro atoms. The second-order valence-corrected chi connectivity index (χ2v) is 3.24. The molecule has 2 amide bonds. The summed E-state index contributed by atoms with van der Waals surface area (Å²) in [7, 11) is 0. The Morgan fingerprint density at radius 2 is 2.31 bits per heavy atom. The van der Waals surface area contributed by atoms with Crippen LogP contribution in [0.25, 0.3) is 0 Å². The molecule has 0 aliphatic heterocycles. The summed E-state index contributed by atoms with van der Waals surface area (Å²) < 4.78 is 0. The van der Waals surface area contributed by atoms with Gasteiger partial charge in [0.05, 0.1) is 5.69 Å². The summed E-state index contributed by atoms with van der Waals surface area (Å²) in [6.07, 6.45) is 5.34. The minimum atomic E-state index is -0.628. The standard InChI is InChI=1S/C10H12N4OS/c1-2-7-4-3-5-9(8(7)6-16)14(12)10(15)13-11/h1,3-5,16H,6,11-12H2,(H,13,15). The van der Waals surface area contributed by atoms with E-state index in [2.05, 4.69) is 18.5 Å². The van der Waals surface area contributed by atoms with E-state index in [0.29, 0.717) is 22.6 Å². The SMILES string of the molecule is C#Cc1cccc(N(N)C(=O)NN)c1CS. The summed E-state index contributed by atoms with van der Waals surface area (Å²) in [5.41, 5.74) is 3.77. The van der Waals surface area contributed by atoms with Crippen LogP contribution < -0.4 is 22.1 Å². The molecular formula is C10H12N4OS. The maximum absolute atomic E-state index is 11.3. The highest BCUT2D eigenvalue weighted by Gasteiger charge is 2.15. The topological polar surface area (TPSA) is 84.4 Å². The van der Waals surface area contributed by atoms with Crippen LogP contribution in [-0.4, -0.2) is 6.03 Å². The Balaban J connectivity index is 3.24. The van der Waals surface area contributed by atoms with Crippen molar-refractivity contribution in [2.75, 3.05) is 5.01 Å². The minimum Gasteiger partial charge on any atom is -0.274 e. The van der Waals surface area contributed by atoms with Crippen molar-refractivity contribution in [1.82, 2.24) is 5.43 Å². The van der Waals surface area contributed by atoms with Gasteiger partial charge in [-0.1, -0.05) is 12.0 Å². The van der Waals surface area contributed by atoms with Crippen molar-refractivity contribution >= 4 is 24.3 Å². The number of hydrogen-bond acceptors (Lipinski definition) is 4. The Kier molecular flexibility index (Phi) is 4.19. The van der Waals surface area contributed by atoms with E-state index in [9.17, 15) is 4.79 Å². The van der Waals surface area contributed by atoms with Crippen LogP contribution in [0.5, 0.6) is 0 Å². The quantitative estimate of drug-likeness (QED) is 0.197. The Morgan fingerprint density at radius 3 is 2.81 bits per heavy atom. The number of nitrogens with two attached hydrogens (primary N) is 2. The monoisotopic (exact) mass is 236 g/mol. The minimum absolute atomic E-state index is 0.376. The highest BCUT2D eigenvalue weighted by atomic mass is 32.1. The average molecular weight is 236 g/mol. The molecule has 0 heterocycles. The molecule has 0 saturated heterocycles. The molecule has 0 fully saturated rings. The maximum atomic E-state index is 11.3. The third-order valence-corrected chi connectivity index (χ3v) is 2.38. The number of amides is 2. The molecule has 0 atom stereocenters. The number of hydrazine groups is 2. The average Bonchev–Trinajstić information content (AvgIpc) is 2.35. The van der Waals surface area contributed by atoms with Gasteiger partial charge in [0.25, 0.3) is 0 Å². The normalized spacial score (nSPS) is 9.38. The number of urea groups is 1. The second kappa shape index (κ2) is 5.42. The van der Waals surface area contributed by atoms with E-state index in [1.165, 1.54) is 0 Å². The third kappa shape index (κ3) is 2.28. The smallest absolute Gasteiger partial charge is 0.274 e. The number of carbonyl (C=O) groups is 1. The van der Waals surface area contributed by atoms with Gasteiger partial charge in [-0.3, -0.25) is 5.43 Å².